The van der Waals surface area contributed by atoms with Crippen molar-refractivity contribution in [3.8, 4) is 0 Å². The standard InChI is InChI=1S/C18H24F3N5O3S/c1-11-9-14(15-12(2)23-24(3)16(15)22-11)17(27)25-7-5-13(6-8-25)26(30(4,28)29)10-18(19,20)21/h9,13H,5-8,10H2,1-4H3. The van der Waals surface area contributed by atoms with Crippen molar-refractivity contribution in [1.29, 1.82) is 0 Å². The molecule has 0 bridgehead atoms. The van der Waals surface area contributed by atoms with Gasteiger partial charge in [-0.05, 0) is 32.8 Å². The van der Waals surface area contributed by atoms with Gasteiger partial charge in [0.1, 0.15) is 6.54 Å². The summed E-state index contributed by atoms with van der Waals surface area (Å²) in [6, 6.07) is 0.878. The van der Waals surface area contributed by atoms with E-state index >= 15 is 0 Å². The maximum Gasteiger partial charge on any atom is 0.402 e. The molecule has 0 atom stereocenters. The molecule has 0 radical (unpaired) electrons. The smallest absolute Gasteiger partial charge is 0.339 e. The number of rotatable bonds is 4. The van der Waals surface area contributed by atoms with Gasteiger partial charge >= 0.3 is 6.18 Å². The molecule has 12 heteroatoms. The van der Waals surface area contributed by atoms with Crippen molar-refractivity contribution < 1.29 is 26.4 Å². The van der Waals surface area contributed by atoms with Gasteiger partial charge in [-0.1, -0.05) is 0 Å². The van der Waals surface area contributed by atoms with E-state index < -0.39 is 28.8 Å². The van der Waals surface area contributed by atoms with Crippen molar-refractivity contribution in [3.05, 3.63) is 23.0 Å². The highest BCUT2D eigenvalue weighted by atomic mass is 32.2. The highest BCUT2D eigenvalue weighted by molar-refractivity contribution is 7.88. The SMILES string of the molecule is Cc1cc(C(=O)N2CCC(N(CC(F)(F)F)S(C)(=O)=O)CC2)c2c(C)nn(C)c2n1. The van der Waals surface area contributed by atoms with Gasteiger partial charge in [0.05, 0.1) is 22.9 Å². The monoisotopic (exact) mass is 447 g/mol. The highest BCUT2D eigenvalue weighted by Crippen LogP contribution is 2.27. The van der Waals surface area contributed by atoms with Crippen molar-refractivity contribution in [2.24, 2.45) is 7.05 Å². The van der Waals surface area contributed by atoms with Crippen LogP contribution in [0.25, 0.3) is 11.0 Å². The van der Waals surface area contributed by atoms with Crippen LogP contribution in [0.5, 0.6) is 0 Å². The fourth-order valence-corrected chi connectivity index (χ4v) is 5.09. The van der Waals surface area contributed by atoms with Crippen molar-refractivity contribution in [2.45, 2.75) is 38.9 Å². The molecule has 2 aromatic rings. The molecular formula is C18H24F3N5O3S. The van der Waals surface area contributed by atoms with Gasteiger partial charge in [0.25, 0.3) is 5.91 Å². The van der Waals surface area contributed by atoms with E-state index in [2.05, 4.69) is 10.1 Å². The highest BCUT2D eigenvalue weighted by Gasteiger charge is 2.40. The number of aryl methyl sites for hydroxylation is 3. The van der Waals surface area contributed by atoms with Crippen LogP contribution in [-0.2, 0) is 17.1 Å². The molecule has 30 heavy (non-hydrogen) atoms. The summed E-state index contributed by atoms with van der Waals surface area (Å²) in [6.07, 6.45) is -3.59. The Labute approximate surface area is 172 Å². The van der Waals surface area contributed by atoms with Gasteiger partial charge in [0, 0.05) is 31.9 Å². The summed E-state index contributed by atoms with van der Waals surface area (Å²) in [7, 11) is -2.30. The third-order valence-corrected chi connectivity index (χ3v) is 6.53. The van der Waals surface area contributed by atoms with Crippen molar-refractivity contribution >= 4 is 27.0 Å². The van der Waals surface area contributed by atoms with E-state index in [-0.39, 0.29) is 31.8 Å². The average Bonchev–Trinajstić information content (AvgIpc) is 2.91. The first kappa shape index (κ1) is 22.5. The van der Waals surface area contributed by atoms with Crippen molar-refractivity contribution in [3.63, 3.8) is 0 Å². The lowest BCUT2D eigenvalue weighted by atomic mass is 10.0. The zero-order valence-electron chi connectivity index (χ0n) is 17.2. The lowest BCUT2D eigenvalue weighted by molar-refractivity contribution is -0.140. The fourth-order valence-electron chi connectivity index (χ4n) is 3.96. The largest absolute Gasteiger partial charge is 0.402 e. The third-order valence-electron chi connectivity index (χ3n) is 5.25. The van der Waals surface area contributed by atoms with Gasteiger partial charge in [-0.15, -0.1) is 0 Å². The summed E-state index contributed by atoms with van der Waals surface area (Å²) >= 11 is 0. The molecule has 1 fully saturated rings. The summed E-state index contributed by atoms with van der Waals surface area (Å²) in [4.78, 5) is 19.2. The number of sulfonamides is 1. The van der Waals surface area contributed by atoms with Crippen LogP contribution in [0.3, 0.4) is 0 Å². The lowest BCUT2D eigenvalue weighted by Gasteiger charge is -2.37. The number of hydrogen-bond donors (Lipinski definition) is 0. The molecule has 8 nitrogen and oxygen atoms in total. The van der Waals surface area contributed by atoms with Crippen LogP contribution in [-0.4, -0.2) is 76.4 Å². The molecule has 2 aromatic heterocycles. The summed E-state index contributed by atoms with van der Waals surface area (Å²) in [6.45, 7) is 2.35. The van der Waals surface area contributed by atoms with Gasteiger partial charge in [0.2, 0.25) is 10.0 Å². The molecule has 0 N–H and O–H groups in total. The summed E-state index contributed by atoms with van der Waals surface area (Å²) in [5, 5.41) is 4.96. The average molecular weight is 447 g/mol. The predicted octanol–water partition coefficient (Wildman–Crippen LogP) is 2.01. The second-order valence-corrected chi connectivity index (χ2v) is 9.60. The van der Waals surface area contributed by atoms with E-state index in [9.17, 15) is 26.4 Å². The Morgan fingerprint density at radius 3 is 2.40 bits per heavy atom. The quantitative estimate of drug-likeness (QED) is 0.716. The molecular weight excluding hydrogens is 423 g/mol. The first-order valence-corrected chi connectivity index (χ1v) is 11.3. The Kier molecular flexibility index (Phi) is 5.84. The first-order valence-electron chi connectivity index (χ1n) is 9.41. The van der Waals surface area contributed by atoms with Gasteiger partial charge in [-0.2, -0.15) is 22.6 Å². The Hall–Kier alpha value is -2.21. The molecule has 0 aromatic carbocycles. The number of aromatic nitrogens is 3. The fraction of sp³-hybridized carbons (Fsp3) is 0.611. The topological polar surface area (TPSA) is 88.4 Å². The number of likely N-dealkylation sites (tertiary alicyclic amines) is 1. The number of pyridine rings is 1. The zero-order chi connectivity index (χ0) is 22.4. The maximum atomic E-state index is 13.2. The maximum absolute atomic E-state index is 13.2. The van der Waals surface area contributed by atoms with E-state index in [1.54, 1.807) is 36.5 Å². The molecule has 0 unspecified atom stereocenters. The number of piperidine rings is 1. The van der Waals surface area contributed by atoms with Gasteiger partial charge in [-0.3, -0.25) is 9.48 Å². The van der Waals surface area contributed by atoms with E-state index in [0.29, 0.717) is 32.3 Å². The predicted molar refractivity (Wildman–Crippen MR) is 105 cm³/mol. The first-order chi connectivity index (χ1) is 13.8. The minimum Gasteiger partial charge on any atom is -0.339 e. The van der Waals surface area contributed by atoms with Crippen LogP contribution in [0.15, 0.2) is 6.07 Å². The molecule has 1 amide bonds. The molecule has 0 aliphatic carbocycles. The van der Waals surface area contributed by atoms with Crippen LogP contribution in [0.4, 0.5) is 13.2 Å². The summed E-state index contributed by atoms with van der Waals surface area (Å²) < 4.78 is 64.5. The molecule has 1 saturated heterocycles. The van der Waals surface area contributed by atoms with Crippen LogP contribution in [0.2, 0.25) is 0 Å². The Balaban J connectivity index is 1.82. The lowest BCUT2D eigenvalue weighted by Crippen LogP contribution is -2.51. The molecule has 1 aliphatic heterocycles. The zero-order valence-corrected chi connectivity index (χ0v) is 18.0. The van der Waals surface area contributed by atoms with Gasteiger partial charge in [-0.25, -0.2) is 13.4 Å². The number of hydrogen-bond acceptors (Lipinski definition) is 5. The number of amides is 1. The second kappa shape index (κ2) is 7.80. The molecule has 3 rings (SSSR count). The number of carbonyl (C=O) groups is 1. The third kappa shape index (κ3) is 4.59. The minimum atomic E-state index is -4.63. The number of halogens is 3. The van der Waals surface area contributed by atoms with Crippen LogP contribution in [0.1, 0.15) is 34.6 Å². The van der Waals surface area contributed by atoms with E-state index in [0.717, 1.165) is 6.26 Å². The van der Waals surface area contributed by atoms with Gasteiger partial charge < -0.3 is 4.90 Å². The second-order valence-electron chi connectivity index (χ2n) is 7.67. The Morgan fingerprint density at radius 1 is 1.27 bits per heavy atom. The molecule has 3 heterocycles. The van der Waals surface area contributed by atoms with Crippen LogP contribution in [0, 0.1) is 13.8 Å². The van der Waals surface area contributed by atoms with Crippen molar-refractivity contribution in [1.82, 2.24) is 24.0 Å². The molecule has 1 aliphatic rings. The van der Waals surface area contributed by atoms with Crippen molar-refractivity contribution in [2.75, 3.05) is 25.9 Å². The normalized spacial score (nSPS) is 16.6. The number of carbonyl (C=O) groups excluding carboxylic acids is 1. The number of alkyl halides is 3. The van der Waals surface area contributed by atoms with Crippen LogP contribution >= 0.6 is 0 Å². The molecule has 0 spiro atoms. The van der Waals surface area contributed by atoms with Crippen LogP contribution < -0.4 is 0 Å². The van der Waals surface area contributed by atoms with E-state index in [1.165, 1.54) is 0 Å². The minimum absolute atomic E-state index is 0.133. The van der Waals surface area contributed by atoms with Gasteiger partial charge in [0.15, 0.2) is 5.65 Å². The Morgan fingerprint density at radius 2 is 1.87 bits per heavy atom. The molecule has 0 saturated carbocycles. The number of fused-ring (bicyclic) bond motifs is 1. The molecule has 166 valence electrons. The van der Waals surface area contributed by atoms with E-state index in [1.807, 2.05) is 0 Å². The van der Waals surface area contributed by atoms with E-state index in [4.69, 9.17) is 0 Å². The Bertz CT molecular complexity index is 1070. The summed E-state index contributed by atoms with van der Waals surface area (Å²) in [5.41, 5.74) is 2.33. The number of nitrogens with zero attached hydrogens (tertiary/aromatic N) is 5. The summed E-state index contributed by atoms with van der Waals surface area (Å²) in [5.74, 6) is -0.262.